The minimum absolute atomic E-state index is 1.10. The van der Waals surface area contributed by atoms with E-state index in [4.69, 9.17) is 0 Å². The van der Waals surface area contributed by atoms with E-state index in [0.717, 1.165) is 28.3 Å². The third kappa shape index (κ3) is 5.71. The first-order valence-corrected chi connectivity index (χ1v) is 18.5. The van der Waals surface area contributed by atoms with Crippen LogP contribution in [0.5, 0.6) is 0 Å². The average molecular weight is 689 g/mol. The molecule has 0 radical (unpaired) electrons. The van der Waals surface area contributed by atoms with Gasteiger partial charge in [0.05, 0.1) is 11.0 Å². The van der Waals surface area contributed by atoms with E-state index >= 15 is 0 Å². The monoisotopic (exact) mass is 688 g/mol. The average Bonchev–Trinajstić information content (AvgIpc) is 3.58. The first-order valence-electron chi connectivity index (χ1n) is 18.5. The topological polar surface area (TPSA) is 8.17 Å². The largest absolute Gasteiger partial charge is 0.310 e. The molecule has 1 heterocycles. The zero-order chi connectivity index (χ0) is 35.8. The molecule has 2 nitrogen and oxygen atoms in total. The Morgan fingerprint density at radius 2 is 0.796 bits per heavy atom. The van der Waals surface area contributed by atoms with Gasteiger partial charge in [-0.25, -0.2) is 0 Å². The Morgan fingerprint density at radius 1 is 0.278 bits per heavy atom. The summed E-state index contributed by atoms with van der Waals surface area (Å²) in [6, 6.07) is 78.9. The Bertz CT molecular complexity index is 2910. The van der Waals surface area contributed by atoms with E-state index in [1.807, 2.05) is 0 Å². The molecule has 1 aromatic heterocycles. The van der Waals surface area contributed by atoms with E-state index in [-0.39, 0.29) is 0 Å². The van der Waals surface area contributed by atoms with Crippen molar-refractivity contribution in [2.75, 3.05) is 4.90 Å². The highest BCUT2D eigenvalue weighted by molar-refractivity contribution is 6.10. The maximum atomic E-state index is 2.41. The van der Waals surface area contributed by atoms with Crippen molar-refractivity contribution in [1.29, 1.82) is 0 Å². The second-order valence-corrected chi connectivity index (χ2v) is 13.8. The molecule has 0 unspecified atom stereocenters. The number of hydrogen-bond donors (Lipinski definition) is 0. The second kappa shape index (κ2) is 13.4. The quantitative estimate of drug-likeness (QED) is 0.162. The van der Waals surface area contributed by atoms with Crippen LogP contribution in [0.4, 0.5) is 17.1 Å². The number of rotatable bonds is 7. The van der Waals surface area contributed by atoms with Gasteiger partial charge < -0.3 is 9.47 Å². The molecule has 0 amide bonds. The Morgan fingerprint density at radius 3 is 1.54 bits per heavy atom. The molecule has 0 spiro atoms. The summed E-state index contributed by atoms with van der Waals surface area (Å²) in [6.45, 7) is 0. The van der Waals surface area contributed by atoms with Crippen molar-refractivity contribution in [3.8, 4) is 39.1 Å². The third-order valence-electron chi connectivity index (χ3n) is 10.6. The molecule has 2 heteroatoms. The zero-order valence-corrected chi connectivity index (χ0v) is 29.7. The first kappa shape index (κ1) is 31.6. The fourth-order valence-corrected chi connectivity index (χ4v) is 7.88. The lowest BCUT2D eigenvalue weighted by atomic mass is 10.0. The molecule has 10 aromatic rings. The van der Waals surface area contributed by atoms with Crippen LogP contribution in [0.1, 0.15) is 0 Å². The van der Waals surface area contributed by atoms with Crippen LogP contribution in [0.25, 0.3) is 71.6 Å². The lowest BCUT2D eigenvalue weighted by Crippen LogP contribution is -2.10. The van der Waals surface area contributed by atoms with Crippen LogP contribution in [0.3, 0.4) is 0 Å². The highest BCUT2D eigenvalue weighted by Gasteiger charge is 2.17. The zero-order valence-electron chi connectivity index (χ0n) is 29.7. The number of fused-ring (bicyclic) bond motifs is 4. The highest BCUT2D eigenvalue weighted by Crippen LogP contribution is 2.40. The van der Waals surface area contributed by atoms with Crippen molar-refractivity contribution in [1.82, 2.24) is 4.57 Å². The van der Waals surface area contributed by atoms with E-state index in [1.54, 1.807) is 0 Å². The molecule has 0 fully saturated rings. The van der Waals surface area contributed by atoms with E-state index in [1.165, 1.54) is 60.4 Å². The smallest absolute Gasteiger partial charge is 0.0547 e. The molecule has 0 aliphatic heterocycles. The maximum absolute atomic E-state index is 2.41. The van der Waals surface area contributed by atoms with E-state index in [2.05, 4.69) is 228 Å². The Hall–Kier alpha value is -7.16. The summed E-state index contributed by atoms with van der Waals surface area (Å²) in [5.41, 5.74) is 14.0. The fourth-order valence-electron chi connectivity index (χ4n) is 7.88. The Balaban J connectivity index is 1.09. The summed E-state index contributed by atoms with van der Waals surface area (Å²) >= 11 is 0. The summed E-state index contributed by atoms with van der Waals surface area (Å²) in [5, 5.41) is 4.94. The number of nitrogens with zero attached hydrogens (tertiary/aromatic N) is 2. The lowest BCUT2D eigenvalue weighted by Gasteiger charge is -2.26. The Labute approximate surface area is 315 Å². The van der Waals surface area contributed by atoms with Gasteiger partial charge in [-0.15, -0.1) is 0 Å². The lowest BCUT2D eigenvalue weighted by molar-refractivity contribution is 1.18. The van der Waals surface area contributed by atoms with Crippen LogP contribution in [0.2, 0.25) is 0 Å². The van der Waals surface area contributed by atoms with Gasteiger partial charge in [0, 0.05) is 33.5 Å². The van der Waals surface area contributed by atoms with Gasteiger partial charge in [-0.3, -0.25) is 0 Å². The molecule has 10 rings (SSSR count). The van der Waals surface area contributed by atoms with Gasteiger partial charge in [-0.05, 0) is 105 Å². The van der Waals surface area contributed by atoms with Gasteiger partial charge >= 0.3 is 0 Å². The van der Waals surface area contributed by atoms with Gasteiger partial charge in [-0.1, -0.05) is 158 Å². The molecule has 54 heavy (non-hydrogen) atoms. The van der Waals surface area contributed by atoms with Gasteiger partial charge in [0.25, 0.3) is 0 Å². The van der Waals surface area contributed by atoms with Gasteiger partial charge in [0.1, 0.15) is 0 Å². The predicted molar refractivity (Wildman–Crippen MR) is 229 cm³/mol. The van der Waals surface area contributed by atoms with Crippen LogP contribution < -0.4 is 4.90 Å². The molecule has 254 valence electrons. The van der Waals surface area contributed by atoms with E-state index in [9.17, 15) is 0 Å². The SMILES string of the molecule is c1ccc(-c2ccc(N(c3cccc(-c4ccc5c6ccccc6n(-c6ccc(-c7ccccc7)cc6)c5c4)c3)c3ccc4ccccc4c3)cc2)cc1. The second-order valence-electron chi connectivity index (χ2n) is 13.8. The first-order chi connectivity index (χ1) is 26.8. The van der Waals surface area contributed by atoms with Crippen molar-refractivity contribution in [3.63, 3.8) is 0 Å². The maximum Gasteiger partial charge on any atom is 0.0547 e. The normalized spacial score (nSPS) is 11.3. The number of anilines is 3. The third-order valence-corrected chi connectivity index (χ3v) is 10.6. The highest BCUT2D eigenvalue weighted by atomic mass is 15.1. The molecule has 0 saturated heterocycles. The summed E-state index contributed by atoms with van der Waals surface area (Å²) < 4.78 is 2.41. The molecule has 0 aliphatic carbocycles. The van der Waals surface area contributed by atoms with Crippen LogP contribution in [-0.2, 0) is 0 Å². The number of hydrogen-bond acceptors (Lipinski definition) is 1. The van der Waals surface area contributed by atoms with E-state index < -0.39 is 0 Å². The molecule has 0 N–H and O–H groups in total. The fraction of sp³-hybridized carbons (Fsp3) is 0. The van der Waals surface area contributed by atoms with E-state index in [0.29, 0.717) is 0 Å². The molecule has 0 bridgehead atoms. The summed E-state index contributed by atoms with van der Waals surface area (Å²) in [4.78, 5) is 2.37. The van der Waals surface area contributed by atoms with Gasteiger partial charge in [-0.2, -0.15) is 0 Å². The summed E-state index contributed by atoms with van der Waals surface area (Å²) in [5.74, 6) is 0. The Kier molecular flexibility index (Phi) is 7.85. The predicted octanol–water partition coefficient (Wildman–Crippen LogP) is 14.4. The minimum Gasteiger partial charge on any atom is -0.310 e. The molecule has 9 aromatic carbocycles. The summed E-state index contributed by atoms with van der Waals surface area (Å²) in [6.07, 6.45) is 0. The van der Waals surface area contributed by atoms with Gasteiger partial charge in [0.15, 0.2) is 0 Å². The van der Waals surface area contributed by atoms with Crippen LogP contribution >= 0.6 is 0 Å². The van der Waals surface area contributed by atoms with Crippen molar-refractivity contribution >= 4 is 49.6 Å². The molecule has 0 aliphatic rings. The van der Waals surface area contributed by atoms with Crippen LogP contribution in [-0.4, -0.2) is 4.57 Å². The molecule has 0 saturated carbocycles. The van der Waals surface area contributed by atoms with Crippen LogP contribution in [0.15, 0.2) is 218 Å². The van der Waals surface area contributed by atoms with Crippen molar-refractivity contribution in [2.24, 2.45) is 0 Å². The molecule has 0 atom stereocenters. The van der Waals surface area contributed by atoms with Crippen molar-refractivity contribution in [3.05, 3.63) is 218 Å². The number of para-hydroxylation sites is 1. The number of aromatic nitrogens is 1. The van der Waals surface area contributed by atoms with Crippen LogP contribution in [0, 0.1) is 0 Å². The number of benzene rings is 9. The van der Waals surface area contributed by atoms with Crippen molar-refractivity contribution in [2.45, 2.75) is 0 Å². The van der Waals surface area contributed by atoms with Gasteiger partial charge in [0.2, 0.25) is 0 Å². The molecular weight excluding hydrogens is 653 g/mol. The minimum atomic E-state index is 1.10. The molecular formula is C52H36N2. The summed E-state index contributed by atoms with van der Waals surface area (Å²) in [7, 11) is 0. The van der Waals surface area contributed by atoms with Crippen molar-refractivity contribution < 1.29 is 0 Å². The standard InChI is InChI=1S/C52H36N2/c1-3-12-37(13-4-1)40-22-28-45(29-23-40)53(48-32-26-39-16-7-8-17-42(39)34-48)47-19-11-18-43(35-47)44-27-33-50-49-20-9-10-21-51(49)54(52(50)36-44)46-30-24-41(25-31-46)38-14-5-2-6-15-38/h1-36H.